The van der Waals surface area contributed by atoms with Crippen LogP contribution in [0.3, 0.4) is 0 Å². The first-order chi connectivity index (χ1) is 15.6. The second-order valence-corrected chi connectivity index (χ2v) is 8.55. The fourth-order valence-corrected chi connectivity index (χ4v) is 3.94. The first-order valence-electron chi connectivity index (χ1n) is 10.4. The van der Waals surface area contributed by atoms with Crippen molar-refractivity contribution < 1.29 is 19.1 Å². The van der Waals surface area contributed by atoms with Crippen LogP contribution in [-0.4, -0.2) is 41.3 Å². The van der Waals surface area contributed by atoms with Crippen LogP contribution in [0.4, 0.5) is 5.69 Å². The third-order valence-corrected chi connectivity index (χ3v) is 5.81. The lowest BCUT2D eigenvalue weighted by Crippen LogP contribution is -2.31. The van der Waals surface area contributed by atoms with E-state index in [4.69, 9.17) is 9.47 Å². The van der Waals surface area contributed by atoms with Crippen molar-refractivity contribution >= 4 is 28.8 Å². The highest BCUT2D eigenvalue weighted by atomic mass is 32.1. The number of carbonyl (C=O) groups excluding carboxylic acids is 2. The summed E-state index contributed by atoms with van der Waals surface area (Å²) in [7, 11) is 0. The molecule has 2 aromatic carbocycles. The Kier molecular flexibility index (Phi) is 7.08. The second-order valence-electron chi connectivity index (χ2n) is 7.49. The van der Waals surface area contributed by atoms with Gasteiger partial charge in [-0.2, -0.15) is 0 Å². The van der Waals surface area contributed by atoms with Gasteiger partial charge in [0.05, 0.1) is 6.10 Å². The van der Waals surface area contributed by atoms with Gasteiger partial charge in [-0.05, 0) is 55.7 Å². The summed E-state index contributed by atoms with van der Waals surface area (Å²) < 4.78 is 11.2. The number of hydrogen-bond acceptors (Lipinski definition) is 7. The first-order valence-corrected chi connectivity index (χ1v) is 11.2. The number of carbonyl (C=O) groups is 2. The van der Waals surface area contributed by atoms with Gasteiger partial charge < -0.3 is 20.1 Å². The molecular weight excluding hydrogens is 428 g/mol. The first kappa shape index (κ1) is 21.9. The van der Waals surface area contributed by atoms with E-state index >= 15 is 0 Å². The summed E-state index contributed by atoms with van der Waals surface area (Å²) in [4.78, 5) is 25.0. The second kappa shape index (κ2) is 10.3. The Morgan fingerprint density at radius 2 is 2.03 bits per heavy atom. The zero-order valence-electron chi connectivity index (χ0n) is 17.7. The molecule has 2 heterocycles. The summed E-state index contributed by atoms with van der Waals surface area (Å²) in [6.45, 7) is 3.44. The minimum atomic E-state index is -0.388. The maximum absolute atomic E-state index is 12.6. The lowest BCUT2D eigenvalue weighted by Gasteiger charge is -2.11. The molecule has 32 heavy (non-hydrogen) atoms. The standard InChI is InChI=1S/C23H24N4O4S/c1-15-5-2-8-18(11-15)31-14-20-26-27-23(32-20)22(29)25-17-7-3-6-16(12-17)21(28)24-13-19-9-4-10-30-19/h2-3,5-8,11-12,19H,4,9-10,13-14H2,1H3,(H,24,28)(H,25,29)/t19-/m1/s1. The normalized spacial score (nSPS) is 15.3. The van der Waals surface area contributed by atoms with Crippen LogP contribution < -0.4 is 15.4 Å². The topological polar surface area (TPSA) is 102 Å². The van der Waals surface area contributed by atoms with E-state index in [0.717, 1.165) is 42.1 Å². The van der Waals surface area contributed by atoms with Gasteiger partial charge >= 0.3 is 0 Å². The maximum Gasteiger partial charge on any atom is 0.286 e. The highest BCUT2D eigenvalue weighted by molar-refractivity contribution is 7.13. The van der Waals surface area contributed by atoms with E-state index in [9.17, 15) is 9.59 Å². The van der Waals surface area contributed by atoms with Crippen molar-refractivity contribution in [2.45, 2.75) is 32.5 Å². The number of nitrogens with one attached hydrogen (secondary N) is 2. The fourth-order valence-electron chi connectivity index (χ4n) is 3.29. The van der Waals surface area contributed by atoms with Crippen molar-refractivity contribution in [1.29, 1.82) is 0 Å². The lowest BCUT2D eigenvalue weighted by atomic mass is 10.1. The summed E-state index contributed by atoms with van der Waals surface area (Å²) in [5.74, 6) is 0.144. The van der Waals surface area contributed by atoms with Crippen molar-refractivity contribution in [2.24, 2.45) is 0 Å². The van der Waals surface area contributed by atoms with E-state index in [-0.39, 0.29) is 29.5 Å². The minimum Gasteiger partial charge on any atom is -0.486 e. The molecule has 0 unspecified atom stereocenters. The molecule has 1 aliphatic rings. The highest BCUT2D eigenvalue weighted by Gasteiger charge is 2.18. The molecule has 9 heteroatoms. The van der Waals surface area contributed by atoms with Crippen LogP contribution in [-0.2, 0) is 11.3 Å². The number of anilines is 1. The van der Waals surface area contributed by atoms with Crippen molar-refractivity contribution in [3.8, 4) is 5.75 Å². The Hall–Kier alpha value is -3.30. The number of aryl methyl sites for hydroxylation is 1. The molecule has 3 aromatic rings. The van der Waals surface area contributed by atoms with Crippen LogP contribution >= 0.6 is 11.3 Å². The fraction of sp³-hybridized carbons (Fsp3) is 0.304. The molecule has 0 aliphatic carbocycles. The molecule has 1 fully saturated rings. The predicted octanol–water partition coefficient (Wildman–Crippen LogP) is 3.59. The van der Waals surface area contributed by atoms with Gasteiger partial charge in [-0.3, -0.25) is 9.59 Å². The number of amides is 2. The number of rotatable bonds is 8. The molecule has 0 radical (unpaired) electrons. The smallest absolute Gasteiger partial charge is 0.286 e. The molecule has 0 spiro atoms. The van der Waals surface area contributed by atoms with Crippen LogP contribution in [0.15, 0.2) is 48.5 Å². The van der Waals surface area contributed by atoms with Crippen molar-refractivity contribution in [3.63, 3.8) is 0 Å². The zero-order chi connectivity index (χ0) is 22.3. The summed E-state index contributed by atoms with van der Waals surface area (Å²) in [5, 5.41) is 14.5. The molecule has 0 saturated carbocycles. The van der Waals surface area contributed by atoms with E-state index < -0.39 is 0 Å². The van der Waals surface area contributed by atoms with E-state index in [1.807, 2.05) is 31.2 Å². The Balaban J connectivity index is 1.31. The Morgan fingerprint density at radius 1 is 1.16 bits per heavy atom. The monoisotopic (exact) mass is 452 g/mol. The average Bonchev–Trinajstić information content (AvgIpc) is 3.48. The van der Waals surface area contributed by atoms with Crippen LogP contribution in [0.5, 0.6) is 5.75 Å². The lowest BCUT2D eigenvalue weighted by molar-refractivity contribution is 0.0857. The van der Waals surface area contributed by atoms with E-state index in [1.54, 1.807) is 24.3 Å². The largest absolute Gasteiger partial charge is 0.486 e. The number of aromatic nitrogens is 2. The van der Waals surface area contributed by atoms with Gasteiger partial charge in [-0.15, -0.1) is 10.2 Å². The Labute approximate surface area is 190 Å². The highest BCUT2D eigenvalue weighted by Crippen LogP contribution is 2.18. The quantitative estimate of drug-likeness (QED) is 0.542. The predicted molar refractivity (Wildman–Crippen MR) is 121 cm³/mol. The van der Waals surface area contributed by atoms with E-state index in [1.165, 1.54) is 0 Å². The molecule has 4 rings (SSSR count). The van der Waals surface area contributed by atoms with Crippen molar-refractivity contribution in [2.75, 3.05) is 18.5 Å². The number of hydrogen-bond donors (Lipinski definition) is 2. The van der Waals surface area contributed by atoms with Gasteiger partial charge in [-0.25, -0.2) is 0 Å². The van der Waals surface area contributed by atoms with Crippen LogP contribution in [0.1, 0.15) is 43.6 Å². The zero-order valence-corrected chi connectivity index (χ0v) is 18.5. The molecular formula is C23H24N4O4S. The maximum atomic E-state index is 12.6. The molecule has 1 aromatic heterocycles. The summed E-state index contributed by atoms with van der Waals surface area (Å²) in [5.41, 5.74) is 2.07. The summed E-state index contributed by atoms with van der Waals surface area (Å²) >= 11 is 1.16. The van der Waals surface area contributed by atoms with E-state index in [2.05, 4.69) is 20.8 Å². The van der Waals surface area contributed by atoms with Gasteiger partial charge in [0.2, 0.25) is 5.01 Å². The third-order valence-electron chi connectivity index (χ3n) is 4.91. The van der Waals surface area contributed by atoms with Gasteiger partial charge in [0.15, 0.2) is 5.01 Å². The van der Waals surface area contributed by atoms with Crippen LogP contribution in [0.25, 0.3) is 0 Å². The molecule has 0 bridgehead atoms. The average molecular weight is 453 g/mol. The molecule has 166 valence electrons. The van der Waals surface area contributed by atoms with Crippen LogP contribution in [0, 0.1) is 6.92 Å². The number of nitrogens with zero attached hydrogens (tertiary/aromatic N) is 2. The third kappa shape index (κ3) is 5.89. The summed E-state index contributed by atoms with van der Waals surface area (Å²) in [6, 6.07) is 14.5. The van der Waals surface area contributed by atoms with Gasteiger partial charge in [0.1, 0.15) is 12.4 Å². The molecule has 2 amide bonds. The van der Waals surface area contributed by atoms with Crippen LogP contribution in [0.2, 0.25) is 0 Å². The van der Waals surface area contributed by atoms with E-state index in [0.29, 0.717) is 22.8 Å². The summed E-state index contributed by atoms with van der Waals surface area (Å²) in [6.07, 6.45) is 2.05. The number of ether oxygens (including phenoxy) is 2. The molecule has 1 saturated heterocycles. The van der Waals surface area contributed by atoms with Gasteiger partial charge in [0, 0.05) is 24.4 Å². The molecule has 8 nitrogen and oxygen atoms in total. The SMILES string of the molecule is Cc1cccc(OCc2nnc(C(=O)Nc3cccc(C(=O)NC[C@H]4CCCO4)c3)s2)c1. The minimum absolute atomic E-state index is 0.0725. The van der Waals surface area contributed by atoms with Gasteiger partial charge in [0.25, 0.3) is 11.8 Å². The van der Waals surface area contributed by atoms with Gasteiger partial charge in [-0.1, -0.05) is 29.5 Å². The number of benzene rings is 2. The molecule has 1 aliphatic heterocycles. The van der Waals surface area contributed by atoms with Crippen molar-refractivity contribution in [3.05, 3.63) is 69.7 Å². The molecule has 2 N–H and O–H groups in total. The Morgan fingerprint density at radius 3 is 2.84 bits per heavy atom. The Bertz CT molecular complexity index is 1090. The molecule has 1 atom stereocenters. The van der Waals surface area contributed by atoms with Crippen molar-refractivity contribution in [1.82, 2.24) is 15.5 Å².